The van der Waals surface area contributed by atoms with Gasteiger partial charge < -0.3 is 4.90 Å². The van der Waals surface area contributed by atoms with Crippen LogP contribution >= 0.6 is 11.8 Å². The molecular weight excluding hydrogens is 244 g/mol. The molecule has 1 atom stereocenters. The van der Waals surface area contributed by atoms with Crippen LogP contribution in [-0.4, -0.2) is 41.6 Å². The van der Waals surface area contributed by atoms with E-state index in [-0.39, 0.29) is 6.04 Å². The Morgan fingerprint density at radius 1 is 1.11 bits per heavy atom. The molecule has 3 rings (SSSR count). The average molecular weight is 268 g/mol. The van der Waals surface area contributed by atoms with Gasteiger partial charge in [0.25, 0.3) is 0 Å². The SMILES string of the molecule is O=C(C1CSCN1)N1CCC2(CCCCC2)CC1. The molecule has 2 aliphatic heterocycles. The van der Waals surface area contributed by atoms with Gasteiger partial charge in [-0.1, -0.05) is 19.3 Å². The molecule has 3 fully saturated rings. The molecule has 3 nitrogen and oxygen atoms in total. The van der Waals surface area contributed by atoms with Crippen LogP contribution in [0.15, 0.2) is 0 Å². The Morgan fingerprint density at radius 3 is 2.44 bits per heavy atom. The van der Waals surface area contributed by atoms with Crippen LogP contribution in [0, 0.1) is 5.41 Å². The number of piperidine rings is 1. The van der Waals surface area contributed by atoms with Crippen LogP contribution in [0.25, 0.3) is 0 Å². The molecule has 2 heterocycles. The van der Waals surface area contributed by atoms with Gasteiger partial charge in [-0.2, -0.15) is 0 Å². The van der Waals surface area contributed by atoms with Gasteiger partial charge in [-0.15, -0.1) is 11.8 Å². The van der Waals surface area contributed by atoms with Crippen LogP contribution in [0.2, 0.25) is 0 Å². The van der Waals surface area contributed by atoms with Gasteiger partial charge in [0.15, 0.2) is 0 Å². The third-order valence-corrected chi connectivity index (χ3v) is 6.00. The van der Waals surface area contributed by atoms with E-state index < -0.39 is 0 Å². The normalized spacial score (nSPS) is 31.8. The molecule has 4 heteroatoms. The van der Waals surface area contributed by atoms with Gasteiger partial charge in [0.1, 0.15) is 0 Å². The Hall–Kier alpha value is -0.220. The topological polar surface area (TPSA) is 32.3 Å². The van der Waals surface area contributed by atoms with Crippen LogP contribution in [0.3, 0.4) is 0 Å². The zero-order valence-corrected chi connectivity index (χ0v) is 11.9. The first-order valence-corrected chi connectivity index (χ1v) is 8.55. The maximum Gasteiger partial charge on any atom is 0.240 e. The van der Waals surface area contributed by atoms with E-state index in [0.29, 0.717) is 11.3 Å². The van der Waals surface area contributed by atoms with Gasteiger partial charge in [0, 0.05) is 24.7 Å². The summed E-state index contributed by atoms with van der Waals surface area (Å²) in [6.07, 6.45) is 9.56. The highest BCUT2D eigenvalue weighted by atomic mass is 32.2. The number of amides is 1. The third kappa shape index (κ3) is 2.55. The summed E-state index contributed by atoms with van der Waals surface area (Å²) >= 11 is 1.84. The first-order chi connectivity index (χ1) is 8.79. The summed E-state index contributed by atoms with van der Waals surface area (Å²) in [6, 6.07) is 0.0930. The molecule has 3 aliphatic rings. The first-order valence-electron chi connectivity index (χ1n) is 7.39. The van der Waals surface area contributed by atoms with E-state index in [1.165, 1.54) is 44.9 Å². The lowest BCUT2D eigenvalue weighted by atomic mass is 9.68. The quantitative estimate of drug-likeness (QED) is 0.791. The van der Waals surface area contributed by atoms with Gasteiger partial charge in [0.05, 0.1) is 6.04 Å². The second kappa shape index (κ2) is 5.41. The van der Waals surface area contributed by atoms with Crippen molar-refractivity contribution in [1.29, 1.82) is 0 Å². The lowest BCUT2D eigenvalue weighted by Crippen LogP contribution is -2.50. The second-order valence-corrected chi connectivity index (χ2v) is 7.19. The minimum Gasteiger partial charge on any atom is -0.341 e. The Morgan fingerprint density at radius 2 is 1.83 bits per heavy atom. The largest absolute Gasteiger partial charge is 0.341 e. The number of thioether (sulfide) groups is 1. The molecule has 0 bridgehead atoms. The molecule has 1 saturated carbocycles. The van der Waals surface area contributed by atoms with Gasteiger partial charge in [-0.25, -0.2) is 0 Å². The Labute approximate surface area is 114 Å². The maximum atomic E-state index is 12.3. The zero-order chi connectivity index (χ0) is 12.4. The lowest BCUT2D eigenvalue weighted by molar-refractivity contribution is -0.135. The molecule has 1 N–H and O–H groups in total. The monoisotopic (exact) mass is 268 g/mol. The molecule has 18 heavy (non-hydrogen) atoms. The minimum absolute atomic E-state index is 0.0930. The average Bonchev–Trinajstić information content (AvgIpc) is 2.94. The number of likely N-dealkylation sites (tertiary alicyclic amines) is 1. The second-order valence-electron chi connectivity index (χ2n) is 6.16. The standard InChI is InChI=1S/C14H24N2OS/c17-13(12-10-18-11-15-12)16-8-6-14(7-9-16)4-2-1-3-5-14/h12,15H,1-11H2. The summed E-state index contributed by atoms with van der Waals surface area (Å²) in [7, 11) is 0. The van der Waals surface area contributed by atoms with Crippen molar-refractivity contribution in [3.05, 3.63) is 0 Å². The number of nitrogens with zero attached hydrogens (tertiary/aromatic N) is 1. The lowest BCUT2D eigenvalue weighted by Gasteiger charge is -2.44. The highest BCUT2D eigenvalue weighted by molar-refractivity contribution is 7.99. The van der Waals surface area contributed by atoms with Crippen molar-refractivity contribution in [2.24, 2.45) is 5.41 Å². The van der Waals surface area contributed by atoms with Crippen LogP contribution in [-0.2, 0) is 4.79 Å². The van der Waals surface area contributed by atoms with Crippen molar-refractivity contribution in [2.45, 2.75) is 51.0 Å². The summed E-state index contributed by atoms with van der Waals surface area (Å²) in [4.78, 5) is 14.4. The summed E-state index contributed by atoms with van der Waals surface area (Å²) in [5.74, 6) is 2.25. The van der Waals surface area contributed by atoms with Crippen LogP contribution in [0.5, 0.6) is 0 Å². The van der Waals surface area contributed by atoms with Gasteiger partial charge >= 0.3 is 0 Å². The molecule has 1 spiro atoms. The zero-order valence-electron chi connectivity index (χ0n) is 11.1. The molecule has 102 valence electrons. The molecule has 0 aromatic heterocycles. The summed E-state index contributed by atoms with van der Waals surface area (Å²) < 4.78 is 0. The Balaban J connectivity index is 1.54. The maximum absolute atomic E-state index is 12.3. The molecular formula is C14H24N2OS. The number of hydrogen-bond acceptors (Lipinski definition) is 3. The first kappa shape index (κ1) is 12.8. The third-order valence-electron chi connectivity index (χ3n) is 5.06. The van der Waals surface area contributed by atoms with Crippen molar-refractivity contribution in [2.75, 3.05) is 24.7 Å². The highest BCUT2D eigenvalue weighted by Gasteiger charge is 2.38. The highest BCUT2D eigenvalue weighted by Crippen LogP contribution is 2.44. The number of nitrogens with one attached hydrogen (secondary N) is 1. The van der Waals surface area contributed by atoms with Crippen molar-refractivity contribution in [1.82, 2.24) is 10.2 Å². The molecule has 2 saturated heterocycles. The Bertz CT molecular complexity index is 299. The number of carbonyl (C=O) groups excluding carboxylic acids is 1. The molecule has 1 unspecified atom stereocenters. The molecule has 1 amide bonds. The van der Waals surface area contributed by atoms with Gasteiger partial charge in [0.2, 0.25) is 5.91 Å². The molecule has 0 aromatic rings. The number of hydrogen-bond donors (Lipinski definition) is 1. The fraction of sp³-hybridized carbons (Fsp3) is 0.929. The van der Waals surface area contributed by atoms with E-state index in [1.54, 1.807) is 0 Å². The van der Waals surface area contributed by atoms with E-state index in [2.05, 4.69) is 10.2 Å². The molecule has 0 radical (unpaired) electrons. The van der Waals surface area contributed by atoms with Gasteiger partial charge in [-0.3, -0.25) is 10.1 Å². The summed E-state index contributed by atoms with van der Waals surface area (Å²) in [5.41, 5.74) is 0.604. The van der Waals surface area contributed by atoms with E-state index in [9.17, 15) is 4.79 Å². The summed E-state index contributed by atoms with van der Waals surface area (Å²) in [6.45, 7) is 2.00. The van der Waals surface area contributed by atoms with Crippen molar-refractivity contribution in [3.8, 4) is 0 Å². The predicted molar refractivity (Wildman–Crippen MR) is 75.6 cm³/mol. The van der Waals surface area contributed by atoms with E-state index >= 15 is 0 Å². The van der Waals surface area contributed by atoms with E-state index in [0.717, 1.165) is 24.7 Å². The minimum atomic E-state index is 0.0930. The smallest absolute Gasteiger partial charge is 0.240 e. The van der Waals surface area contributed by atoms with Crippen molar-refractivity contribution < 1.29 is 4.79 Å². The molecule has 1 aliphatic carbocycles. The van der Waals surface area contributed by atoms with Crippen LogP contribution in [0.1, 0.15) is 44.9 Å². The van der Waals surface area contributed by atoms with E-state index in [1.807, 2.05) is 11.8 Å². The van der Waals surface area contributed by atoms with Gasteiger partial charge in [-0.05, 0) is 31.1 Å². The van der Waals surface area contributed by atoms with Crippen molar-refractivity contribution >= 4 is 17.7 Å². The van der Waals surface area contributed by atoms with E-state index in [4.69, 9.17) is 0 Å². The fourth-order valence-electron chi connectivity index (χ4n) is 3.78. The Kier molecular flexibility index (Phi) is 3.85. The number of rotatable bonds is 1. The molecule has 0 aromatic carbocycles. The predicted octanol–water partition coefficient (Wildman–Crippen LogP) is 2.22. The number of carbonyl (C=O) groups is 1. The van der Waals surface area contributed by atoms with Crippen molar-refractivity contribution in [3.63, 3.8) is 0 Å². The van der Waals surface area contributed by atoms with Crippen LogP contribution < -0.4 is 5.32 Å². The summed E-state index contributed by atoms with van der Waals surface area (Å²) in [5, 5.41) is 3.30. The van der Waals surface area contributed by atoms with Crippen LogP contribution in [0.4, 0.5) is 0 Å². The fourth-order valence-corrected chi connectivity index (χ4v) is 4.71.